The number of ether oxygens (including phenoxy) is 1. The van der Waals surface area contributed by atoms with Gasteiger partial charge in [0.25, 0.3) is 0 Å². The molecule has 5 nitrogen and oxygen atoms in total. The van der Waals surface area contributed by atoms with Crippen molar-refractivity contribution in [2.45, 2.75) is 42.2 Å². The Hall–Kier alpha value is -3.25. The van der Waals surface area contributed by atoms with Crippen LogP contribution in [-0.2, 0) is 9.59 Å². The highest BCUT2D eigenvalue weighted by molar-refractivity contribution is 8.00. The number of amides is 2. The summed E-state index contributed by atoms with van der Waals surface area (Å²) in [7, 11) is 1.60. The van der Waals surface area contributed by atoms with Gasteiger partial charge in [-0.05, 0) is 48.7 Å². The van der Waals surface area contributed by atoms with Gasteiger partial charge in [-0.3, -0.25) is 9.59 Å². The second-order valence-corrected chi connectivity index (χ2v) is 9.66. The van der Waals surface area contributed by atoms with E-state index in [-0.39, 0.29) is 17.7 Å². The number of anilines is 2. The first kappa shape index (κ1) is 23.9. The molecule has 0 spiro atoms. The highest BCUT2D eigenvalue weighted by Crippen LogP contribution is 2.37. The summed E-state index contributed by atoms with van der Waals surface area (Å²) < 4.78 is 5.27. The molecule has 3 aromatic rings. The summed E-state index contributed by atoms with van der Waals surface area (Å²) in [6.07, 6.45) is 5.38. The Bertz CT molecular complexity index is 1110. The monoisotopic (exact) mass is 474 g/mol. The Balaban J connectivity index is 1.50. The number of methoxy groups -OCH3 is 1. The number of nitrogens with one attached hydrogen (secondary N) is 2. The van der Waals surface area contributed by atoms with Crippen molar-refractivity contribution in [2.75, 3.05) is 17.7 Å². The maximum atomic E-state index is 13.3. The molecule has 2 N–H and O–H groups in total. The molecule has 1 atom stereocenters. The topological polar surface area (TPSA) is 67.4 Å². The molecule has 0 heterocycles. The van der Waals surface area contributed by atoms with E-state index in [2.05, 4.69) is 10.6 Å². The SMILES string of the molecule is COc1cccc(NC(=O)C(Sc2cccc(NC(=O)C3CCCCC3)c2)c2ccccc2)c1. The minimum Gasteiger partial charge on any atom is -0.497 e. The predicted octanol–water partition coefficient (Wildman–Crippen LogP) is 6.69. The van der Waals surface area contributed by atoms with E-state index in [1.165, 1.54) is 18.2 Å². The smallest absolute Gasteiger partial charge is 0.242 e. The van der Waals surface area contributed by atoms with Gasteiger partial charge in [-0.1, -0.05) is 61.7 Å². The highest BCUT2D eigenvalue weighted by atomic mass is 32.2. The van der Waals surface area contributed by atoms with E-state index in [4.69, 9.17) is 4.74 Å². The van der Waals surface area contributed by atoms with Gasteiger partial charge in [-0.15, -0.1) is 11.8 Å². The van der Waals surface area contributed by atoms with Crippen molar-refractivity contribution in [3.8, 4) is 5.75 Å². The van der Waals surface area contributed by atoms with Crippen LogP contribution in [-0.4, -0.2) is 18.9 Å². The van der Waals surface area contributed by atoms with Gasteiger partial charge in [0.1, 0.15) is 11.0 Å². The lowest BCUT2D eigenvalue weighted by Crippen LogP contribution is -2.24. The molecule has 1 aliphatic rings. The van der Waals surface area contributed by atoms with Crippen molar-refractivity contribution in [3.63, 3.8) is 0 Å². The molecule has 0 aliphatic heterocycles. The van der Waals surface area contributed by atoms with Crippen LogP contribution in [0.5, 0.6) is 5.75 Å². The van der Waals surface area contributed by atoms with E-state index in [0.717, 1.165) is 41.8 Å². The second kappa shape index (κ2) is 11.7. The van der Waals surface area contributed by atoms with Gasteiger partial charge >= 0.3 is 0 Å². The van der Waals surface area contributed by atoms with Gasteiger partial charge < -0.3 is 15.4 Å². The van der Waals surface area contributed by atoms with Crippen molar-refractivity contribution in [2.24, 2.45) is 5.92 Å². The minimum absolute atomic E-state index is 0.0933. The summed E-state index contributed by atoms with van der Waals surface area (Å²) in [6, 6.07) is 24.8. The van der Waals surface area contributed by atoms with Crippen LogP contribution in [0.1, 0.15) is 42.9 Å². The standard InChI is InChI=1S/C28H30N2O3S/c1-33-24-16-8-14-22(18-24)30-28(32)26(20-10-4-2-5-11-20)34-25-17-9-15-23(19-25)29-27(31)21-12-6-3-7-13-21/h2,4-5,8-11,14-19,21,26H,3,6-7,12-13H2,1H3,(H,29,31)(H,30,32). The van der Waals surface area contributed by atoms with Gasteiger partial charge in [-0.25, -0.2) is 0 Å². The van der Waals surface area contributed by atoms with E-state index < -0.39 is 5.25 Å². The molecular formula is C28H30N2O3S. The molecule has 0 bridgehead atoms. The third-order valence-corrected chi connectivity index (χ3v) is 7.26. The third-order valence-electron chi connectivity index (χ3n) is 6.01. The maximum Gasteiger partial charge on any atom is 0.242 e. The van der Waals surface area contributed by atoms with Crippen molar-refractivity contribution < 1.29 is 14.3 Å². The van der Waals surface area contributed by atoms with Crippen molar-refractivity contribution >= 4 is 35.0 Å². The van der Waals surface area contributed by atoms with Crippen LogP contribution >= 0.6 is 11.8 Å². The van der Waals surface area contributed by atoms with Crippen LogP contribution < -0.4 is 15.4 Å². The summed E-state index contributed by atoms with van der Waals surface area (Å²) >= 11 is 1.46. The lowest BCUT2D eigenvalue weighted by Gasteiger charge is -2.21. The zero-order valence-corrected chi connectivity index (χ0v) is 20.1. The maximum absolute atomic E-state index is 13.3. The number of hydrogen-bond acceptors (Lipinski definition) is 4. The number of rotatable bonds is 8. The van der Waals surface area contributed by atoms with E-state index in [1.807, 2.05) is 72.8 Å². The molecule has 1 aliphatic carbocycles. The summed E-state index contributed by atoms with van der Waals surface area (Å²) in [6.45, 7) is 0. The molecule has 0 radical (unpaired) electrons. The molecule has 2 amide bonds. The molecule has 3 aromatic carbocycles. The van der Waals surface area contributed by atoms with E-state index in [0.29, 0.717) is 11.4 Å². The van der Waals surface area contributed by atoms with E-state index in [9.17, 15) is 9.59 Å². The molecule has 1 saturated carbocycles. The zero-order valence-electron chi connectivity index (χ0n) is 19.3. The number of hydrogen-bond donors (Lipinski definition) is 2. The lowest BCUT2D eigenvalue weighted by molar-refractivity contribution is -0.120. The Morgan fingerprint density at radius 3 is 2.29 bits per heavy atom. The molecule has 4 rings (SSSR count). The number of thioether (sulfide) groups is 1. The number of carbonyl (C=O) groups excluding carboxylic acids is 2. The Morgan fingerprint density at radius 1 is 0.853 bits per heavy atom. The van der Waals surface area contributed by atoms with Crippen molar-refractivity contribution in [1.82, 2.24) is 0 Å². The summed E-state index contributed by atoms with van der Waals surface area (Å²) in [5.74, 6) is 0.747. The van der Waals surface area contributed by atoms with Gasteiger partial charge in [0.15, 0.2) is 0 Å². The van der Waals surface area contributed by atoms with Crippen LogP contribution in [0.25, 0.3) is 0 Å². The second-order valence-electron chi connectivity index (χ2n) is 8.48. The molecule has 176 valence electrons. The fraction of sp³-hybridized carbons (Fsp3) is 0.286. The van der Waals surface area contributed by atoms with Crippen LogP contribution in [0.2, 0.25) is 0 Å². The molecule has 0 saturated heterocycles. The average Bonchev–Trinajstić information content (AvgIpc) is 2.88. The van der Waals surface area contributed by atoms with Gasteiger partial charge in [-0.2, -0.15) is 0 Å². The quantitative estimate of drug-likeness (QED) is 0.357. The zero-order chi connectivity index (χ0) is 23.8. The lowest BCUT2D eigenvalue weighted by atomic mass is 9.88. The molecular weight excluding hydrogens is 444 g/mol. The summed E-state index contributed by atoms with van der Waals surface area (Å²) in [5.41, 5.74) is 2.35. The fourth-order valence-corrected chi connectivity index (χ4v) is 5.29. The molecule has 0 aromatic heterocycles. The van der Waals surface area contributed by atoms with Gasteiger partial charge in [0.2, 0.25) is 11.8 Å². The first-order valence-electron chi connectivity index (χ1n) is 11.7. The molecule has 1 fully saturated rings. The van der Waals surface area contributed by atoms with Crippen molar-refractivity contribution in [1.29, 1.82) is 0 Å². The third kappa shape index (κ3) is 6.41. The highest BCUT2D eigenvalue weighted by Gasteiger charge is 2.24. The Kier molecular flexibility index (Phi) is 8.26. The van der Waals surface area contributed by atoms with Crippen molar-refractivity contribution in [3.05, 3.63) is 84.4 Å². The largest absolute Gasteiger partial charge is 0.497 e. The van der Waals surface area contributed by atoms with Gasteiger partial charge in [0, 0.05) is 28.3 Å². The predicted molar refractivity (Wildman–Crippen MR) is 138 cm³/mol. The van der Waals surface area contributed by atoms with Crippen LogP contribution in [0.15, 0.2) is 83.8 Å². The number of benzene rings is 3. The van der Waals surface area contributed by atoms with E-state index in [1.54, 1.807) is 13.2 Å². The summed E-state index contributed by atoms with van der Waals surface area (Å²) in [4.78, 5) is 27.0. The minimum atomic E-state index is -0.461. The first-order valence-corrected chi connectivity index (χ1v) is 12.6. The van der Waals surface area contributed by atoms with Crippen LogP contribution in [0, 0.1) is 5.92 Å². The fourth-order valence-electron chi connectivity index (χ4n) is 4.20. The Morgan fingerprint density at radius 2 is 1.56 bits per heavy atom. The first-order chi connectivity index (χ1) is 16.6. The van der Waals surface area contributed by atoms with Gasteiger partial charge in [0.05, 0.1) is 7.11 Å². The summed E-state index contributed by atoms with van der Waals surface area (Å²) in [5, 5.41) is 5.63. The van der Waals surface area contributed by atoms with Crippen LogP contribution in [0.3, 0.4) is 0 Å². The molecule has 34 heavy (non-hydrogen) atoms. The molecule has 1 unspecified atom stereocenters. The van der Waals surface area contributed by atoms with Crippen LogP contribution in [0.4, 0.5) is 11.4 Å². The van der Waals surface area contributed by atoms with E-state index >= 15 is 0 Å². The Labute approximate surface area is 205 Å². The average molecular weight is 475 g/mol. The number of carbonyl (C=O) groups is 2. The molecule has 6 heteroatoms. The normalized spacial score (nSPS) is 14.7.